The van der Waals surface area contributed by atoms with E-state index in [-0.39, 0.29) is 6.61 Å². The first-order valence-corrected chi connectivity index (χ1v) is 4.34. The molecule has 0 spiro atoms. The Kier molecular flexibility index (Phi) is 3.39. The van der Waals surface area contributed by atoms with Crippen LogP contribution in [0.5, 0.6) is 0 Å². The lowest BCUT2D eigenvalue weighted by Gasteiger charge is -1.99. The van der Waals surface area contributed by atoms with Gasteiger partial charge in [-0.2, -0.15) is 4.37 Å². The molecule has 1 N–H and O–H groups in total. The van der Waals surface area contributed by atoms with Gasteiger partial charge in [0.2, 0.25) is 5.13 Å². The van der Waals surface area contributed by atoms with E-state index in [1.165, 1.54) is 6.08 Å². The van der Waals surface area contributed by atoms with Crippen LogP contribution in [0.2, 0.25) is 0 Å². The first-order chi connectivity index (χ1) is 6.22. The van der Waals surface area contributed by atoms with Crippen LogP contribution in [0.4, 0.5) is 9.93 Å². The summed E-state index contributed by atoms with van der Waals surface area (Å²) in [5.41, 5.74) is 0. The van der Waals surface area contributed by atoms with Gasteiger partial charge in [-0.25, -0.2) is 9.78 Å². The average molecular weight is 199 g/mol. The van der Waals surface area contributed by atoms with Crippen LogP contribution >= 0.6 is 11.5 Å². The van der Waals surface area contributed by atoms with E-state index in [0.717, 1.165) is 11.5 Å². The van der Waals surface area contributed by atoms with Crippen molar-refractivity contribution in [2.45, 2.75) is 6.92 Å². The second-order valence-electron chi connectivity index (χ2n) is 2.16. The Balaban J connectivity index is 2.40. The second kappa shape index (κ2) is 4.56. The molecule has 0 aliphatic rings. The molecule has 0 unspecified atom stereocenters. The van der Waals surface area contributed by atoms with E-state index >= 15 is 0 Å². The maximum absolute atomic E-state index is 10.9. The lowest BCUT2D eigenvalue weighted by atomic mass is 10.7. The minimum atomic E-state index is -0.545. The van der Waals surface area contributed by atoms with Crippen LogP contribution in [-0.4, -0.2) is 22.1 Å². The topological polar surface area (TPSA) is 64.1 Å². The molecule has 5 nitrogen and oxygen atoms in total. The van der Waals surface area contributed by atoms with Gasteiger partial charge in [-0.3, -0.25) is 5.32 Å². The van der Waals surface area contributed by atoms with Crippen molar-refractivity contribution in [3.05, 3.63) is 18.5 Å². The number of hydrogen-bond donors (Lipinski definition) is 1. The van der Waals surface area contributed by atoms with Gasteiger partial charge in [0.25, 0.3) is 0 Å². The van der Waals surface area contributed by atoms with Crippen molar-refractivity contribution in [1.29, 1.82) is 0 Å². The number of aryl methyl sites for hydroxylation is 1. The summed E-state index contributed by atoms with van der Waals surface area (Å²) in [6, 6.07) is 0. The number of amides is 1. The number of hydrogen-bond acceptors (Lipinski definition) is 5. The smallest absolute Gasteiger partial charge is 0.413 e. The van der Waals surface area contributed by atoms with Gasteiger partial charge in [0, 0.05) is 11.5 Å². The van der Waals surface area contributed by atoms with Crippen LogP contribution in [-0.2, 0) is 4.74 Å². The van der Waals surface area contributed by atoms with E-state index in [1.807, 2.05) is 0 Å². The van der Waals surface area contributed by atoms with Crippen LogP contribution < -0.4 is 5.32 Å². The van der Waals surface area contributed by atoms with Crippen LogP contribution in [0.25, 0.3) is 0 Å². The molecule has 1 heterocycles. The number of ether oxygens (including phenoxy) is 1. The zero-order chi connectivity index (χ0) is 9.68. The molecule has 0 aliphatic carbocycles. The molecule has 70 valence electrons. The molecule has 0 bridgehead atoms. The number of nitrogens with zero attached hydrogens (tertiary/aromatic N) is 2. The standard InChI is InChI=1S/C7H9N3O2S/c1-3-4-12-7(11)9-6-8-5(2)10-13-6/h3H,1,4H2,2H3,(H,8,9,10,11). The van der Waals surface area contributed by atoms with E-state index in [4.69, 9.17) is 0 Å². The third-order valence-corrected chi connectivity index (χ3v) is 1.79. The molecule has 0 saturated heterocycles. The Morgan fingerprint density at radius 1 is 1.85 bits per heavy atom. The summed E-state index contributed by atoms with van der Waals surface area (Å²) in [6.45, 7) is 5.34. The van der Waals surface area contributed by atoms with Crippen LogP contribution in [0.15, 0.2) is 12.7 Å². The summed E-state index contributed by atoms with van der Waals surface area (Å²) < 4.78 is 8.57. The Hall–Kier alpha value is -1.43. The molecule has 1 aromatic rings. The SMILES string of the molecule is C=CCOC(=O)Nc1nc(C)ns1. The quantitative estimate of drug-likeness (QED) is 0.750. The fourth-order valence-electron chi connectivity index (χ4n) is 0.606. The van der Waals surface area contributed by atoms with Gasteiger partial charge in [0.05, 0.1) is 0 Å². The molecule has 1 rings (SSSR count). The van der Waals surface area contributed by atoms with E-state index in [0.29, 0.717) is 11.0 Å². The minimum Gasteiger partial charge on any atom is -0.445 e. The first kappa shape index (κ1) is 9.66. The van der Waals surface area contributed by atoms with Crippen molar-refractivity contribution < 1.29 is 9.53 Å². The average Bonchev–Trinajstić information content (AvgIpc) is 2.48. The molecule has 0 aromatic carbocycles. The predicted octanol–water partition coefficient (Wildman–Crippen LogP) is 1.58. The number of carbonyl (C=O) groups is 1. The molecular formula is C7H9N3O2S. The summed E-state index contributed by atoms with van der Waals surface area (Å²) in [4.78, 5) is 14.9. The van der Waals surface area contributed by atoms with Crippen molar-refractivity contribution >= 4 is 22.8 Å². The minimum absolute atomic E-state index is 0.184. The molecule has 0 fully saturated rings. The number of anilines is 1. The molecule has 13 heavy (non-hydrogen) atoms. The molecule has 1 aromatic heterocycles. The Labute approximate surface area is 79.6 Å². The molecular weight excluding hydrogens is 190 g/mol. The molecule has 0 aliphatic heterocycles. The fraction of sp³-hybridized carbons (Fsp3) is 0.286. The van der Waals surface area contributed by atoms with E-state index < -0.39 is 6.09 Å². The van der Waals surface area contributed by atoms with Crippen molar-refractivity contribution in [2.24, 2.45) is 0 Å². The van der Waals surface area contributed by atoms with E-state index in [2.05, 4.69) is 26.0 Å². The highest BCUT2D eigenvalue weighted by molar-refractivity contribution is 7.09. The van der Waals surface area contributed by atoms with Crippen molar-refractivity contribution in [3.8, 4) is 0 Å². The Bertz CT molecular complexity index is 310. The van der Waals surface area contributed by atoms with Gasteiger partial charge >= 0.3 is 6.09 Å². The van der Waals surface area contributed by atoms with Crippen molar-refractivity contribution in [1.82, 2.24) is 9.36 Å². The van der Waals surface area contributed by atoms with E-state index in [1.54, 1.807) is 6.92 Å². The third-order valence-electron chi connectivity index (χ3n) is 1.07. The third kappa shape index (κ3) is 3.20. The largest absolute Gasteiger partial charge is 0.445 e. The number of carbonyl (C=O) groups excluding carboxylic acids is 1. The summed E-state index contributed by atoms with van der Waals surface area (Å²) in [5, 5.41) is 2.87. The summed E-state index contributed by atoms with van der Waals surface area (Å²) in [5.74, 6) is 0.629. The van der Waals surface area contributed by atoms with Crippen LogP contribution in [0, 0.1) is 6.92 Å². The highest BCUT2D eigenvalue weighted by Crippen LogP contribution is 2.09. The van der Waals surface area contributed by atoms with E-state index in [9.17, 15) is 4.79 Å². The summed E-state index contributed by atoms with van der Waals surface area (Å²) >= 11 is 1.11. The summed E-state index contributed by atoms with van der Waals surface area (Å²) in [6.07, 6.45) is 0.946. The van der Waals surface area contributed by atoms with Gasteiger partial charge in [-0.05, 0) is 6.92 Å². The van der Waals surface area contributed by atoms with Crippen molar-refractivity contribution in [2.75, 3.05) is 11.9 Å². The molecule has 0 radical (unpaired) electrons. The highest BCUT2D eigenvalue weighted by Gasteiger charge is 2.05. The lowest BCUT2D eigenvalue weighted by Crippen LogP contribution is -2.13. The maximum Gasteiger partial charge on any atom is 0.413 e. The lowest BCUT2D eigenvalue weighted by molar-refractivity contribution is 0.174. The monoisotopic (exact) mass is 199 g/mol. The maximum atomic E-state index is 10.9. The van der Waals surface area contributed by atoms with Gasteiger partial charge in [-0.1, -0.05) is 12.7 Å². The Morgan fingerprint density at radius 2 is 2.62 bits per heavy atom. The number of rotatable bonds is 3. The van der Waals surface area contributed by atoms with Gasteiger partial charge in [0.15, 0.2) is 0 Å². The zero-order valence-electron chi connectivity index (χ0n) is 7.11. The van der Waals surface area contributed by atoms with Gasteiger partial charge < -0.3 is 4.74 Å². The zero-order valence-corrected chi connectivity index (χ0v) is 7.93. The second-order valence-corrected chi connectivity index (χ2v) is 2.91. The van der Waals surface area contributed by atoms with Gasteiger partial charge in [-0.15, -0.1) is 0 Å². The first-order valence-electron chi connectivity index (χ1n) is 3.57. The number of nitrogens with one attached hydrogen (secondary N) is 1. The Morgan fingerprint density at radius 3 is 3.15 bits per heavy atom. The molecule has 0 atom stereocenters. The molecule has 1 amide bonds. The molecule has 6 heteroatoms. The van der Waals surface area contributed by atoms with Crippen LogP contribution in [0.3, 0.4) is 0 Å². The van der Waals surface area contributed by atoms with Crippen LogP contribution in [0.1, 0.15) is 5.82 Å². The molecule has 0 saturated carbocycles. The normalized spacial score (nSPS) is 9.31. The number of aromatic nitrogens is 2. The van der Waals surface area contributed by atoms with Crippen molar-refractivity contribution in [3.63, 3.8) is 0 Å². The fourth-order valence-corrected chi connectivity index (χ4v) is 1.17. The summed E-state index contributed by atoms with van der Waals surface area (Å²) in [7, 11) is 0. The predicted molar refractivity (Wildman–Crippen MR) is 49.8 cm³/mol. The van der Waals surface area contributed by atoms with Gasteiger partial charge in [0.1, 0.15) is 12.4 Å². The highest BCUT2D eigenvalue weighted by atomic mass is 32.1.